The first-order valence-corrected chi connectivity index (χ1v) is 9.39. The summed E-state index contributed by atoms with van der Waals surface area (Å²) in [5, 5.41) is 9.94. The standard InChI is InChI=1S/C20H15F3N2O2S/c1-3-12-4-5-14-13(8-18(26)27-17(14)7-12)10-28-19-15(9-24)16(20(21,22)23)6-11(2)25-19/h4-8H,3,10H2,1-2H3. The van der Waals surface area contributed by atoms with Crippen LogP contribution in [0.2, 0.25) is 0 Å². The molecule has 0 aliphatic carbocycles. The molecule has 2 aromatic heterocycles. The van der Waals surface area contributed by atoms with Crippen LogP contribution >= 0.6 is 11.8 Å². The number of fused-ring (bicyclic) bond motifs is 1. The topological polar surface area (TPSA) is 66.9 Å². The second-order valence-corrected chi connectivity index (χ2v) is 7.13. The van der Waals surface area contributed by atoms with Gasteiger partial charge >= 0.3 is 11.8 Å². The molecule has 0 aliphatic rings. The lowest BCUT2D eigenvalue weighted by Crippen LogP contribution is -2.10. The zero-order chi connectivity index (χ0) is 20.5. The zero-order valence-corrected chi connectivity index (χ0v) is 15.9. The minimum absolute atomic E-state index is 0.0126. The molecular weight excluding hydrogens is 389 g/mol. The van der Waals surface area contributed by atoms with Gasteiger partial charge in [-0.2, -0.15) is 18.4 Å². The van der Waals surface area contributed by atoms with Crippen molar-refractivity contribution < 1.29 is 17.6 Å². The molecule has 0 radical (unpaired) electrons. The van der Waals surface area contributed by atoms with Gasteiger partial charge in [0.15, 0.2) is 0 Å². The third-order valence-electron chi connectivity index (χ3n) is 4.20. The number of pyridine rings is 1. The van der Waals surface area contributed by atoms with Crippen molar-refractivity contribution in [1.29, 1.82) is 5.26 Å². The highest BCUT2D eigenvalue weighted by atomic mass is 32.2. The van der Waals surface area contributed by atoms with E-state index in [1.165, 1.54) is 13.0 Å². The Balaban J connectivity index is 2.03. The first-order chi connectivity index (χ1) is 13.2. The average molecular weight is 404 g/mol. The van der Waals surface area contributed by atoms with E-state index in [0.29, 0.717) is 16.5 Å². The molecule has 2 heterocycles. The Morgan fingerprint density at radius 3 is 2.64 bits per heavy atom. The SMILES string of the molecule is CCc1ccc2c(CSc3nc(C)cc(C(F)(F)F)c3C#N)cc(=O)oc2c1. The van der Waals surface area contributed by atoms with Crippen LogP contribution in [0.3, 0.4) is 0 Å². The monoisotopic (exact) mass is 404 g/mol. The van der Waals surface area contributed by atoms with Crippen LogP contribution in [0, 0.1) is 18.3 Å². The maximum absolute atomic E-state index is 13.2. The number of thioether (sulfide) groups is 1. The van der Waals surface area contributed by atoms with Crippen LogP contribution in [0.5, 0.6) is 0 Å². The summed E-state index contributed by atoms with van der Waals surface area (Å²) >= 11 is 0.988. The van der Waals surface area contributed by atoms with Crippen LogP contribution in [0.4, 0.5) is 13.2 Å². The van der Waals surface area contributed by atoms with E-state index >= 15 is 0 Å². The third-order valence-corrected chi connectivity index (χ3v) is 5.22. The summed E-state index contributed by atoms with van der Waals surface area (Å²) in [6.07, 6.45) is -3.87. The van der Waals surface area contributed by atoms with Crippen LogP contribution in [0.1, 0.15) is 34.9 Å². The summed E-state index contributed by atoms with van der Waals surface area (Å²) < 4.78 is 45.0. The van der Waals surface area contributed by atoms with Crippen LogP contribution in [0.15, 0.2) is 44.6 Å². The zero-order valence-electron chi connectivity index (χ0n) is 15.1. The Morgan fingerprint density at radius 1 is 1.25 bits per heavy atom. The van der Waals surface area contributed by atoms with Gasteiger partial charge in [0.2, 0.25) is 0 Å². The number of rotatable bonds is 4. The highest BCUT2D eigenvalue weighted by Gasteiger charge is 2.35. The van der Waals surface area contributed by atoms with Crippen molar-refractivity contribution in [2.75, 3.05) is 0 Å². The number of hydrogen-bond donors (Lipinski definition) is 0. The van der Waals surface area contributed by atoms with Gasteiger partial charge in [-0.05, 0) is 36.6 Å². The molecule has 3 rings (SSSR count). The van der Waals surface area contributed by atoms with Gasteiger partial charge in [0.1, 0.15) is 16.7 Å². The molecule has 0 bridgehead atoms. The van der Waals surface area contributed by atoms with Crippen molar-refractivity contribution in [3.05, 3.63) is 68.7 Å². The number of nitriles is 1. The van der Waals surface area contributed by atoms with E-state index in [1.54, 1.807) is 12.1 Å². The summed E-state index contributed by atoms with van der Waals surface area (Å²) in [4.78, 5) is 16.0. The molecule has 0 fully saturated rings. The second-order valence-electron chi connectivity index (χ2n) is 6.16. The number of aromatic nitrogens is 1. The van der Waals surface area contributed by atoms with Gasteiger partial charge < -0.3 is 4.42 Å². The van der Waals surface area contributed by atoms with E-state index in [2.05, 4.69) is 4.98 Å². The maximum Gasteiger partial charge on any atom is 0.417 e. The molecule has 0 saturated carbocycles. The quantitative estimate of drug-likeness (QED) is 0.439. The van der Waals surface area contributed by atoms with Crippen LogP contribution in [0.25, 0.3) is 11.0 Å². The van der Waals surface area contributed by atoms with Gasteiger partial charge in [0.25, 0.3) is 0 Å². The fourth-order valence-electron chi connectivity index (χ4n) is 2.84. The van der Waals surface area contributed by atoms with Gasteiger partial charge in [0.05, 0.1) is 11.1 Å². The molecule has 8 heteroatoms. The molecule has 1 aromatic carbocycles. The first kappa shape index (κ1) is 20.0. The van der Waals surface area contributed by atoms with Crippen molar-refractivity contribution in [3.63, 3.8) is 0 Å². The molecule has 0 aliphatic heterocycles. The van der Waals surface area contributed by atoms with Crippen LogP contribution < -0.4 is 5.63 Å². The summed E-state index contributed by atoms with van der Waals surface area (Å²) in [6.45, 7) is 3.42. The number of nitrogens with zero attached hydrogens (tertiary/aromatic N) is 2. The van der Waals surface area contributed by atoms with Gasteiger partial charge in [-0.25, -0.2) is 9.78 Å². The van der Waals surface area contributed by atoms with Crippen LogP contribution in [-0.2, 0) is 18.3 Å². The van der Waals surface area contributed by atoms with E-state index < -0.39 is 22.9 Å². The molecular formula is C20H15F3N2O2S. The lowest BCUT2D eigenvalue weighted by Gasteiger charge is -2.13. The van der Waals surface area contributed by atoms with E-state index in [0.717, 1.165) is 29.8 Å². The molecule has 0 unspecified atom stereocenters. The molecule has 0 spiro atoms. The molecule has 28 heavy (non-hydrogen) atoms. The maximum atomic E-state index is 13.2. The number of halogens is 3. The van der Waals surface area contributed by atoms with E-state index in [1.807, 2.05) is 19.1 Å². The second kappa shape index (κ2) is 7.68. The predicted molar refractivity (Wildman–Crippen MR) is 100 cm³/mol. The summed E-state index contributed by atoms with van der Waals surface area (Å²) in [6, 6.07) is 9.29. The molecule has 0 amide bonds. The smallest absolute Gasteiger partial charge is 0.417 e. The molecule has 0 N–H and O–H groups in total. The molecule has 144 valence electrons. The first-order valence-electron chi connectivity index (χ1n) is 8.40. The van der Waals surface area contributed by atoms with Crippen molar-refractivity contribution in [2.24, 2.45) is 0 Å². The third kappa shape index (κ3) is 4.04. The Labute approximate surface area is 163 Å². The highest BCUT2D eigenvalue weighted by molar-refractivity contribution is 7.98. The van der Waals surface area contributed by atoms with E-state index in [9.17, 15) is 23.2 Å². The van der Waals surface area contributed by atoms with E-state index in [-0.39, 0.29) is 16.5 Å². The van der Waals surface area contributed by atoms with E-state index in [4.69, 9.17) is 4.42 Å². The number of benzene rings is 1. The number of alkyl halides is 3. The van der Waals surface area contributed by atoms with Crippen molar-refractivity contribution in [1.82, 2.24) is 4.98 Å². The highest BCUT2D eigenvalue weighted by Crippen LogP contribution is 2.37. The molecule has 3 aromatic rings. The molecule has 0 atom stereocenters. The average Bonchev–Trinajstić information content (AvgIpc) is 2.64. The lowest BCUT2D eigenvalue weighted by molar-refractivity contribution is -0.138. The van der Waals surface area contributed by atoms with Gasteiger partial charge in [0, 0.05) is 22.9 Å². The van der Waals surface area contributed by atoms with Gasteiger partial charge in [-0.1, -0.05) is 19.1 Å². The Kier molecular flexibility index (Phi) is 5.47. The Morgan fingerprint density at radius 2 is 2.00 bits per heavy atom. The summed E-state index contributed by atoms with van der Waals surface area (Å²) in [5.41, 5.74) is 0.153. The fraction of sp³-hybridized carbons (Fsp3) is 0.250. The number of hydrogen-bond acceptors (Lipinski definition) is 5. The van der Waals surface area contributed by atoms with Crippen molar-refractivity contribution >= 4 is 22.7 Å². The minimum Gasteiger partial charge on any atom is -0.423 e. The van der Waals surface area contributed by atoms with Crippen molar-refractivity contribution in [2.45, 2.75) is 37.2 Å². The van der Waals surface area contributed by atoms with Gasteiger partial charge in [-0.15, -0.1) is 11.8 Å². The predicted octanol–water partition coefficient (Wildman–Crippen LogP) is 5.24. The molecule has 4 nitrogen and oxygen atoms in total. The largest absolute Gasteiger partial charge is 0.423 e. The minimum atomic E-state index is -4.65. The lowest BCUT2D eigenvalue weighted by atomic mass is 10.1. The fourth-order valence-corrected chi connectivity index (χ4v) is 3.88. The number of aryl methyl sites for hydroxylation is 2. The Bertz CT molecular complexity index is 1150. The molecule has 0 saturated heterocycles. The Hall–Kier alpha value is -2.79. The summed E-state index contributed by atoms with van der Waals surface area (Å²) in [7, 11) is 0. The van der Waals surface area contributed by atoms with Crippen molar-refractivity contribution in [3.8, 4) is 6.07 Å². The summed E-state index contributed by atoms with van der Waals surface area (Å²) in [5.74, 6) is 0.177. The van der Waals surface area contributed by atoms with Gasteiger partial charge in [-0.3, -0.25) is 0 Å². The van der Waals surface area contributed by atoms with Crippen LogP contribution in [-0.4, -0.2) is 4.98 Å². The normalized spacial score (nSPS) is 11.6.